The summed E-state index contributed by atoms with van der Waals surface area (Å²) in [6.07, 6.45) is 13.8. The van der Waals surface area contributed by atoms with Crippen LogP contribution in [0.3, 0.4) is 0 Å². The van der Waals surface area contributed by atoms with E-state index in [1.54, 1.807) is 42.5 Å². The summed E-state index contributed by atoms with van der Waals surface area (Å²) >= 11 is 0. The van der Waals surface area contributed by atoms with Gasteiger partial charge >= 0.3 is 0 Å². The fraction of sp³-hybridized carbons (Fsp3) is 0.133. The highest BCUT2D eigenvalue weighted by Gasteiger charge is 2.08. The molecule has 0 N–H and O–H groups in total. The van der Waals surface area contributed by atoms with Crippen LogP contribution in [-0.4, -0.2) is 5.78 Å². The molecule has 1 nitrogen and oxygen atoms in total. The quantitative estimate of drug-likeness (QED) is 0.483. The number of rotatable bonds is 6. The molecule has 0 saturated carbocycles. The van der Waals surface area contributed by atoms with Gasteiger partial charge in [0.05, 0.1) is 0 Å². The second-order valence-corrected chi connectivity index (χ2v) is 3.03. The number of allylic oxidation sites excluding steroid dienone is 10. The van der Waals surface area contributed by atoms with E-state index in [1.807, 2.05) is 19.9 Å². The van der Waals surface area contributed by atoms with Gasteiger partial charge in [-0.05, 0) is 13.8 Å². The van der Waals surface area contributed by atoms with Gasteiger partial charge in [0.25, 0.3) is 0 Å². The van der Waals surface area contributed by atoms with E-state index in [-0.39, 0.29) is 5.78 Å². The van der Waals surface area contributed by atoms with Crippen LogP contribution in [0, 0.1) is 0 Å². The Morgan fingerprint density at radius 2 is 1.69 bits per heavy atom. The third-order valence-corrected chi connectivity index (χ3v) is 1.89. The standard InChI is InChI=1S/C15H18O/c1-5-9-12-13(8-4)15(16)14(10-6-2)11-7-3/h5-12H,1-2H2,3-4H3/b11-7-,12-9-,13-8+,14-10+. The molecule has 0 radical (unpaired) electrons. The highest BCUT2D eigenvalue weighted by molar-refractivity contribution is 6.11. The van der Waals surface area contributed by atoms with Crippen molar-refractivity contribution in [1.82, 2.24) is 0 Å². The second kappa shape index (κ2) is 8.42. The molecular weight excluding hydrogens is 196 g/mol. The Labute approximate surface area is 97.9 Å². The Hall–Kier alpha value is -1.89. The van der Waals surface area contributed by atoms with Crippen LogP contribution in [0.15, 0.2) is 72.9 Å². The Kier molecular flexibility index (Phi) is 7.43. The number of carbonyl (C=O) groups excluding carboxylic acids is 1. The van der Waals surface area contributed by atoms with Crippen molar-refractivity contribution in [2.24, 2.45) is 0 Å². The molecule has 16 heavy (non-hydrogen) atoms. The van der Waals surface area contributed by atoms with Crippen LogP contribution in [0.2, 0.25) is 0 Å². The molecule has 0 saturated heterocycles. The molecule has 1 heteroatoms. The number of ketones is 1. The average molecular weight is 214 g/mol. The summed E-state index contributed by atoms with van der Waals surface area (Å²) in [7, 11) is 0. The van der Waals surface area contributed by atoms with Crippen molar-refractivity contribution in [1.29, 1.82) is 0 Å². The molecule has 0 atom stereocenters. The van der Waals surface area contributed by atoms with Gasteiger partial charge in [0.2, 0.25) is 0 Å². The van der Waals surface area contributed by atoms with E-state index in [9.17, 15) is 4.79 Å². The SMILES string of the molecule is C=C/C=C\C(=C/C)C(=O)C(/C=C\C)=C/C=C. The smallest absolute Gasteiger partial charge is 0.192 e. The predicted octanol–water partition coefficient (Wildman–Crippen LogP) is 3.93. The first kappa shape index (κ1) is 14.1. The van der Waals surface area contributed by atoms with E-state index in [0.29, 0.717) is 11.1 Å². The van der Waals surface area contributed by atoms with Crippen LogP contribution in [0.1, 0.15) is 13.8 Å². The zero-order valence-corrected chi connectivity index (χ0v) is 9.94. The minimum Gasteiger partial charge on any atom is -0.289 e. The molecule has 0 aromatic rings. The third kappa shape index (κ3) is 4.56. The fourth-order valence-electron chi connectivity index (χ4n) is 1.15. The average Bonchev–Trinajstić information content (AvgIpc) is 2.29. The summed E-state index contributed by atoms with van der Waals surface area (Å²) < 4.78 is 0. The Balaban J connectivity index is 5.13. The van der Waals surface area contributed by atoms with E-state index < -0.39 is 0 Å². The van der Waals surface area contributed by atoms with Gasteiger partial charge < -0.3 is 0 Å². The Bertz CT molecular complexity index is 376. The first-order valence-corrected chi connectivity index (χ1v) is 5.16. The van der Waals surface area contributed by atoms with Crippen molar-refractivity contribution in [2.45, 2.75) is 13.8 Å². The number of hydrogen-bond donors (Lipinski definition) is 0. The molecular formula is C15H18O. The molecule has 0 bridgehead atoms. The van der Waals surface area contributed by atoms with E-state index in [4.69, 9.17) is 0 Å². The van der Waals surface area contributed by atoms with Crippen molar-refractivity contribution < 1.29 is 4.79 Å². The number of hydrogen-bond acceptors (Lipinski definition) is 1. The maximum atomic E-state index is 12.0. The molecule has 0 aromatic carbocycles. The predicted molar refractivity (Wildman–Crippen MR) is 71.2 cm³/mol. The van der Waals surface area contributed by atoms with Crippen molar-refractivity contribution in [3.8, 4) is 0 Å². The molecule has 0 aliphatic rings. The molecule has 0 unspecified atom stereocenters. The monoisotopic (exact) mass is 214 g/mol. The lowest BCUT2D eigenvalue weighted by atomic mass is 10.0. The van der Waals surface area contributed by atoms with Crippen molar-refractivity contribution >= 4 is 5.78 Å². The molecule has 0 spiro atoms. The molecule has 0 heterocycles. The Morgan fingerprint density at radius 3 is 2.12 bits per heavy atom. The molecule has 0 fully saturated rings. The van der Waals surface area contributed by atoms with Gasteiger partial charge in [-0.3, -0.25) is 4.79 Å². The van der Waals surface area contributed by atoms with Gasteiger partial charge in [0.1, 0.15) is 0 Å². The van der Waals surface area contributed by atoms with Gasteiger partial charge in [-0.1, -0.05) is 61.8 Å². The highest BCUT2D eigenvalue weighted by atomic mass is 16.1. The lowest BCUT2D eigenvalue weighted by Crippen LogP contribution is -2.02. The van der Waals surface area contributed by atoms with E-state index in [2.05, 4.69) is 13.2 Å². The summed E-state index contributed by atoms with van der Waals surface area (Å²) in [4.78, 5) is 12.0. The van der Waals surface area contributed by atoms with Gasteiger partial charge in [-0.15, -0.1) is 0 Å². The van der Waals surface area contributed by atoms with Crippen LogP contribution in [-0.2, 0) is 4.79 Å². The van der Waals surface area contributed by atoms with Crippen LogP contribution < -0.4 is 0 Å². The van der Waals surface area contributed by atoms with E-state index in [1.165, 1.54) is 0 Å². The fourth-order valence-corrected chi connectivity index (χ4v) is 1.15. The lowest BCUT2D eigenvalue weighted by molar-refractivity contribution is -0.111. The molecule has 0 aliphatic carbocycles. The van der Waals surface area contributed by atoms with Crippen LogP contribution in [0.25, 0.3) is 0 Å². The maximum Gasteiger partial charge on any atom is 0.192 e. The van der Waals surface area contributed by atoms with Crippen LogP contribution in [0.5, 0.6) is 0 Å². The van der Waals surface area contributed by atoms with Gasteiger partial charge in [0.15, 0.2) is 5.78 Å². The van der Waals surface area contributed by atoms with Gasteiger partial charge in [0, 0.05) is 11.1 Å². The second-order valence-electron chi connectivity index (χ2n) is 3.03. The first-order chi connectivity index (χ1) is 7.71. The van der Waals surface area contributed by atoms with Gasteiger partial charge in [-0.2, -0.15) is 0 Å². The summed E-state index contributed by atoms with van der Waals surface area (Å²) in [6.45, 7) is 10.9. The zero-order valence-electron chi connectivity index (χ0n) is 9.94. The highest BCUT2D eigenvalue weighted by Crippen LogP contribution is 2.10. The van der Waals surface area contributed by atoms with Crippen molar-refractivity contribution in [3.63, 3.8) is 0 Å². The molecule has 84 valence electrons. The number of Topliss-reactive ketones (excluding diaryl/α,β-unsaturated/α-hetero) is 1. The van der Waals surface area contributed by atoms with Crippen molar-refractivity contribution in [3.05, 3.63) is 72.9 Å². The largest absolute Gasteiger partial charge is 0.289 e. The van der Waals surface area contributed by atoms with Crippen molar-refractivity contribution in [2.75, 3.05) is 0 Å². The molecule has 0 aromatic heterocycles. The lowest BCUT2D eigenvalue weighted by Gasteiger charge is -2.01. The zero-order chi connectivity index (χ0) is 12.4. The summed E-state index contributed by atoms with van der Waals surface area (Å²) in [5.74, 6) is -0.0152. The normalized spacial score (nSPS) is 13.4. The van der Waals surface area contributed by atoms with E-state index in [0.717, 1.165) is 0 Å². The molecule has 0 aliphatic heterocycles. The third-order valence-electron chi connectivity index (χ3n) is 1.89. The van der Waals surface area contributed by atoms with Gasteiger partial charge in [-0.25, -0.2) is 0 Å². The van der Waals surface area contributed by atoms with Crippen LogP contribution >= 0.6 is 0 Å². The molecule has 0 rings (SSSR count). The summed E-state index contributed by atoms with van der Waals surface area (Å²) in [5, 5.41) is 0. The summed E-state index contributed by atoms with van der Waals surface area (Å²) in [6, 6.07) is 0. The first-order valence-electron chi connectivity index (χ1n) is 5.16. The van der Waals surface area contributed by atoms with E-state index >= 15 is 0 Å². The minimum atomic E-state index is -0.0152. The molecule has 0 amide bonds. The topological polar surface area (TPSA) is 17.1 Å². The summed E-state index contributed by atoms with van der Waals surface area (Å²) in [5.41, 5.74) is 1.27. The maximum absolute atomic E-state index is 12.0. The minimum absolute atomic E-state index is 0.0152. The number of carbonyl (C=O) groups is 1. The van der Waals surface area contributed by atoms with Crippen LogP contribution in [0.4, 0.5) is 0 Å². The Morgan fingerprint density at radius 1 is 1.00 bits per heavy atom.